The minimum atomic E-state index is -1.04. The summed E-state index contributed by atoms with van der Waals surface area (Å²) in [5.41, 5.74) is 0. The molecule has 0 saturated carbocycles. The van der Waals surface area contributed by atoms with Crippen LogP contribution in [0.4, 0.5) is 0 Å². The van der Waals surface area contributed by atoms with E-state index in [2.05, 4.69) is 69.0 Å². The molecule has 0 rings (SSSR count). The van der Waals surface area contributed by atoms with Crippen LogP contribution < -0.4 is 48.0 Å². The van der Waals surface area contributed by atoms with E-state index in [1.165, 1.54) is 49.1 Å². The summed E-state index contributed by atoms with van der Waals surface area (Å²) in [6.07, 6.45) is 2.67. The van der Waals surface area contributed by atoms with Gasteiger partial charge in [0.2, 0.25) is 0 Å². The molecule has 0 spiro atoms. The number of carbonyl (C=O) groups excluding carboxylic acids is 2. The summed E-state index contributed by atoms with van der Waals surface area (Å²) < 4.78 is 12.5. The van der Waals surface area contributed by atoms with Gasteiger partial charge in [-0.05, 0) is 12.8 Å². The van der Waals surface area contributed by atoms with Crippen LogP contribution in [0.1, 0.15) is 53.4 Å². The Bertz CT molecular complexity index is 590. The topological polar surface area (TPSA) is 52.6 Å². The second-order valence-corrected chi connectivity index (χ2v) is 24.0. The summed E-state index contributed by atoms with van der Waals surface area (Å²) in [6.45, 7) is 19.0. The van der Waals surface area contributed by atoms with Crippen molar-refractivity contribution < 1.29 is 76.0 Å². The van der Waals surface area contributed by atoms with Gasteiger partial charge in [0.1, 0.15) is 26.3 Å². The summed E-state index contributed by atoms with van der Waals surface area (Å²) in [6, 6.07) is 8.16. The zero-order valence-electron chi connectivity index (χ0n) is 26.6. The molecule has 0 N–H and O–H groups in total. The third-order valence-electron chi connectivity index (χ3n) is 8.95. The van der Waals surface area contributed by atoms with Gasteiger partial charge in [-0.2, -0.15) is 0 Å². The third-order valence-corrected chi connectivity index (χ3v) is 18.9. The normalized spacial score (nSPS) is 12.4. The first-order valence-electron chi connectivity index (χ1n) is 14.6. The Morgan fingerprint density at radius 2 is 0.868 bits per heavy atom. The quantitative estimate of drug-likeness (QED) is 0.0713. The molecule has 0 aliphatic carbocycles. The molecule has 0 aliphatic heterocycles. The molecule has 230 valence electrons. The first-order valence-corrected chi connectivity index (χ1v) is 20.8. The van der Waals surface area contributed by atoms with Gasteiger partial charge in [-0.1, -0.05) is 77.1 Å². The minimum Gasteiger partial charge on any atom is -1.00 e. The molecule has 10 heteroatoms. The van der Waals surface area contributed by atoms with Crippen LogP contribution in [0.25, 0.3) is 0 Å². The average molecular weight is 801 g/mol. The molecule has 38 heavy (non-hydrogen) atoms. The molecule has 0 bridgehead atoms. The highest BCUT2D eigenvalue weighted by atomic mass is 127. The zero-order valence-corrected chi connectivity index (χ0v) is 32.9. The van der Waals surface area contributed by atoms with E-state index in [0.717, 1.165) is 35.1 Å². The molecular weight excluding hydrogens is 738 g/mol. The van der Waals surface area contributed by atoms with Crippen LogP contribution in [0.3, 0.4) is 0 Å². The summed E-state index contributed by atoms with van der Waals surface area (Å²) in [7, 11) is 6.73. The number of esters is 2. The van der Waals surface area contributed by atoms with Crippen molar-refractivity contribution in [3.63, 3.8) is 0 Å². The van der Waals surface area contributed by atoms with Crippen molar-refractivity contribution in [2.75, 3.05) is 67.6 Å². The Hall–Kier alpha value is 0.754. The number of likely N-dealkylation sites (N-methyl/N-ethyl adjacent to an activating group) is 2. The van der Waals surface area contributed by atoms with Crippen molar-refractivity contribution in [2.24, 2.45) is 0 Å². The third kappa shape index (κ3) is 20.6. The van der Waals surface area contributed by atoms with Crippen LogP contribution in [0.5, 0.6) is 0 Å². The first kappa shape index (κ1) is 43.2. The lowest BCUT2D eigenvalue weighted by Gasteiger charge is -2.32. The molecule has 0 aromatic rings. The maximum Gasteiger partial charge on any atom is 0.306 e. The highest BCUT2D eigenvalue weighted by Gasteiger charge is 2.25. The molecule has 0 saturated heterocycles. The molecule has 0 unspecified atom stereocenters. The van der Waals surface area contributed by atoms with Crippen LogP contribution >= 0.6 is 0 Å². The second kappa shape index (κ2) is 21.5. The van der Waals surface area contributed by atoms with Crippen molar-refractivity contribution in [3.05, 3.63) is 0 Å². The predicted octanol–water partition coefficient (Wildman–Crippen LogP) is 0.0308. The lowest BCUT2D eigenvalue weighted by Crippen LogP contribution is -3.00. The van der Waals surface area contributed by atoms with Gasteiger partial charge in [-0.15, -0.1) is 0 Å². The van der Waals surface area contributed by atoms with Gasteiger partial charge in [-0.3, -0.25) is 9.59 Å². The van der Waals surface area contributed by atoms with Gasteiger partial charge in [0.05, 0.1) is 70.3 Å². The molecule has 6 nitrogen and oxygen atoms in total. The number of halogens is 2. The van der Waals surface area contributed by atoms with Crippen LogP contribution in [0, 0.1) is 0 Å². The van der Waals surface area contributed by atoms with Gasteiger partial charge in [-0.25, -0.2) is 0 Å². The van der Waals surface area contributed by atoms with Gasteiger partial charge < -0.3 is 66.4 Å². The molecule has 0 atom stereocenters. The maximum absolute atomic E-state index is 12.1. The van der Waals surface area contributed by atoms with Gasteiger partial charge in [0.25, 0.3) is 0 Å². The number of rotatable bonds is 21. The van der Waals surface area contributed by atoms with Crippen molar-refractivity contribution >= 4 is 28.1 Å². The molecule has 0 fully saturated rings. The smallest absolute Gasteiger partial charge is 0.306 e. The molecule has 0 aromatic heterocycles. The largest absolute Gasteiger partial charge is 1.00 e. The first-order chi connectivity index (χ1) is 16.7. The average Bonchev–Trinajstić information content (AvgIpc) is 2.81. The summed E-state index contributed by atoms with van der Waals surface area (Å²) in [5.74, 6) is -0.613. The number of carbonyl (C=O) groups is 2. The Morgan fingerprint density at radius 1 is 0.579 bits per heavy atom. The summed E-state index contributed by atoms with van der Waals surface area (Å²) in [5, 5.41) is 0. The summed E-state index contributed by atoms with van der Waals surface area (Å²) in [4.78, 5) is 24.2. The Kier molecular flexibility index (Phi) is 24.4. The molecular formula is C28H62I2N2O4Si2. The van der Waals surface area contributed by atoms with Crippen LogP contribution in [-0.2, 0) is 19.1 Å². The monoisotopic (exact) mass is 800 g/mol. The number of hydrogen-bond donors (Lipinski definition) is 0. The Balaban J connectivity index is -0.00000612. The molecule has 0 heterocycles. The maximum atomic E-state index is 12.1. The SMILES string of the molecule is CC[Si](C)(CC)CCC[N+](C)(C)CCOC(=O)CCC(=O)OCC[N+](C)(C)CCC[Si](C)(CC)CC.[I-].[I-]. The highest BCUT2D eigenvalue weighted by molar-refractivity contribution is 6.78. The summed E-state index contributed by atoms with van der Waals surface area (Å²) >= 11 is 0. The van der Waals surface area contributed by atoms with Crippen LogP contribution in [-0.4, -0.2) is 105 Å². The fraction of sp³-hybridized carbons (Fsp3) is 0.929. The van der Waals surface area contributed by atoms with Crippen molar-refractivity contribution in [1.82, 2.24) is 0 Å². The predicted molar refractivity (Wildman–Crippen MR) is 159 cm³/mol. The lowest BCUT2D eigenvalue weighted by molar-refractivity contribution is -0.890. The standard InChI is InChI=1S/C28H62N2O4Si2.2HI/c1-11-35(9,12-2)25-15-19-29(5,6)21-23-33-27(31)17-18-28(32)34-24-22-30(7,8)20-16-26-36(10,13-3)14-4;;/h11-26H2,1-10H3;2*1H/q+2;;/p-2. The highest BCUT2D eigenvalue weighted by Crippen LogP contribution is 2.23. The molecule has 0 aromatic carbocycles. The van der Waals surface area contributed by atoms with E-state index < -0.39 is 16.1 Å². The Morgan fingerprint density at radius 3 is 1.13 bits per heavy atom. The van der Waals surface area contributed by atoms with Crippen LogP contribution in [0.15, 0.2) is 0 Å². The van der Waals surface area contributed by atoms with E-state index in [1.807, 2.05) is 0 Å². The molecule has 0 radical (unpaired) electrons. The number of ether oxygens (including phenoxy) is 2. The van der Waals surface area contributed by atoms with Gasteiger partial charge in [0.15, 0.2) is 0 Å². The second-order valence-electron chi connectivity index (χ2n) is 12.9. The van der Waals surface area contributed by atoms with Gasteiger partial charge in [0, 0.05) is 0 Å². The fourth-order valence-corrected chi connectivity index (χ4v) is 8.90. The fourth-order valence-electron chi connectivity index (χ4n) is 4.46. The van der Waals surface area contributed by atoms with Crippen molar-refractivity contribution in [1.29, 1.82) is 0 Å². The van der Waals surface area contributed by atoms with E-state index in [9.17, 15) is 9.59 Å². The number of nitrogens with zero attached hydrogens (tertiary/aromatic N) is 2. The number of quaternary nitrogens is 2. The van der Waals surface area contributed by atoms with E-state index in [4.69, 9.17) is 9.47 Å². The van der Waals surface area contributed by atoms with Crippen LogP contribution in [0.2, 0.25) is 49.4 Å². The molecule has 0 amide bonds. The van der Waals surface area contributed by atoms with E-state index in [1.54, 1.807) is 0 Å². The van der Waals surface area contributed by atoms with E-state index in [0.29, 0.717) is 13.2 Å². The van der Waals surface area contributed by atoms with E-state index >= 15 is 0 Å². The van der Waals surface area contributed by atoms with Gasteiger partial charge >= 0.3 is 11.9 Å². The minimum absolute atomic E-state index is 0. The Labute approximate surface area is 272 Å². The van der Waals surface area contributed by atoms with Crippen molar-refractivity contribution in [3.8, 4) is 0 Å². The van der Waals surface area contributed by atoms with E-state index in [-0.39, 0.29) is 72.7 Å². The molecule has 0 aliphatic rings. The van der Waals surface area contributed by atoms with Crippen molar-refractivity contribution in [2.45, 2.75) is 103 Å². The lowest BCUT2D eigenvalue weighted by atomic mass is 10.3. The number of hydrogen-bond acceptors (Lipinski definition) is 4. The zero-order chi connectivity index (χ0) is 27.9.